The highest BCUT2D eigenvalue weighted by molar-refractivity contribution is 7.99. The van der Waals surface area contributed by atoms with Crippen molar-refractivity contribution in [2.45, 2.75) is 47.3 Å². The largest absolute Gasteiger partial charge is 0.457 e. The Bertz CT molecular complexity index is 2770. The number of rotatable bonds is 8. The molecule has 3 nitrogen and oxygen atoms in total. The first kappa shape index (κ1) is 50.7. The van der Waals surface area contributed by atoms with Crippen LogP contribution < -0.4 is 4.74 Å². The molecule has 0 bridgehead atoms. The van der Waals surface area contributed by atoms with Crippen molar-refractivity contribution >= 4 is 21.6 Å². The van der Waals surface area contributed by atoms with Gasteiger partial charge >= 0.3 is 0 Å². The minimum atomic E-state index is -3.34. The number of aryl methyl sites for hydroxylation is 4. The van der Waals surface area contributed by atoms with Crippen molar-refractivity contribution in [1.82, 2.24) is 0 Å². The molecule has 10 rings (SSSR count). The molecule has 69 heavy (non-hydrogen) atoms. The van der Waals surface area contributed by atoms with Gasteiger partial charge in [-0.05, 0) is 123 Å². The Morgan fingerprint density at radius 3 is 0.826 bits per heavy atom. The van der Waals surface area contributed by atoms with Gasteiger partial charge in [0.25, 0.3) is 0 Å². The molecule has 0 N–H and O–H groups in total. The molecule has 5 heteroatoms. The van der Waals surface area contributed by atoms with Gasteiger partial charge in [-0.15, -0.1) is 0 Å². The van der Waals surface area contributed by atoms with Crippen LogP contribution in [0.3, 0.4) is 0 Å². The van der Waals surface area contributed by atoms with Crippen molar-refractivity contribution in [3.63, 3.8) is 0 Å². The summed E-state index contributed by atoms with van der Waals surface area (Å²) < 4.78 is 29.6. The van der Waals surface area contributed by atoms with Crippen molar-refractivity contribution in [2.24, 2.45) is 0 Å². The van der Waals surface area contributed by atoms with Crippen molar-refractivity contribution in [3.05, 3.63) is 301 Å². The van der Waals surface area contributed by atoms with Crippen molar-refractivity contribution in [1.29, 1.82) is 0 Å². The Kier molecular flexibility index (Phi) is 20.0. The highest BCUT2D eigenvalue weighted by Gasteiger charge is 2.15. The molecule has 0 aromatic heterocycles. The molecule has 0 aliphatic rings. The minimum Gasteiger partial charge on any atom is -0.457 e. The van der Waals surface area contributed by atoms with E-state index in [1.807, 2.05) is 84.9 Å². The van der Waals surface area contributed by atoms with E-state index in [2.05, 4.69) is 161 Å². The lowest BCUT2D eigenvalue weighted by Crippen LogP contribution is -2.00. The van der Waals surface area contributed by atoms with Crippen LogP contribution in [-0.2, 0) is 9.84 Å². The third kappa shape index (κ3) is 17.5. The molecule has 0 amide bonds. The van der Waals surface area contributed by atoms with E-state index < -0.39 is 9.84 Å². The highest BCUT2D eigenvalue weighted by Crippen LogP contribution is 2.27. The molecule has 344 valence electrons. The molecule has 0 spiro atoms. The minimum absolute atomic E-state index is 0.330. The highest BCUT2D eigenvalue weighted by atomic mass is 32.2. The number of ether oxygens (including phenoxy) is 1. The molecule has 0 aliphatic heterocycles. The first-order valence-electron chi connectivity index (χ1n) is 22.8. The Labute approximate surface area is 414 Å². The zero-order valence-corrected chi connectivity index (χ0v) is 41.2. The van der Waals surface area contributed by atoms with Gasteiger partial charge in [-0.2, -0.15) is 0 Å². The predicted octanol–water partition coefficient (Wildman–Crippen LogP) is 17.8. The maximum absolute atomic E-state index is 12.0. The molecule has 0 saturated carbocycles. The van der Waals surface area contributed by atoms with E-state index in [1.54, 1.807) is 72.4 Å². The quantitative estimate of drug-likeness (QED) is 0.152. The molecule has 0 saturated heterocycles. The van der Waals surface area contributed by atoms with Gasteiger partial charge in [0.1, 0.15) is 11.5 Å². The summed E-state index contributed by atoms with van der Waals surface area (Å²) in [5.41, 5.74) is 10.5. The lowest BCUT2D eigenvalue weighted by molar-refractivity contribution is 0.482. The van der Waals surface area contributed by atoms with Crippen LogP contribution in [0.5, 0.6) is 11.5 Å². The second-order valence-corrected chi connectivity index (χ2v) is 19.2. The van der Waals surface area contributed by atoms with Crippen molar-refractivity contribution in [3.8, 4) is 33.8 Å². The van der Waals surface area contributed by atoms with E-state index in [0.29, 0.717) is 9.79 Å². The van der Waals surface area contributed by atoms with E-state index in [-0.39, 0.29) is 0 Å². The van der Waals surface area contributed by atoms with E-state index in [0.717, 1.165) is 11.5 Å². The Balaban J connectivity index is 0.000000142. The fourth-order valence-electron chi connectivity index (χ4n) is 7.11. The summed E-state index contributed by atoms with van der Waals surface area (Å²) in [7, 11) is -3.34. The van der Waals surface area contributed by atoms with Gasteiger partial charge in [0.15, 0.2) is 0 Å². The molecule has 0 unspecified atom stereocenters. The molecule has 10 aromatic rings. The average Bonchev–Trinajstić information content (AvgIpc) is 3.39. The molecular formula is C64H58O3S2. The first-order valence-corrected chi connectivity index (χ1v) is 25.1. The van der Waals surface area contributed by atoms with E-state index in [4.69, 9.17) is 4.74 Å². The first-order chi connectivity index (χ1) is 33.6. The summed E-state index contributed by atoms with van der Waals surface area (Å²) in [6, 6.07) is 91.4. The van der Waals surface area contributed by atoms with Crippen molar-refractivity contribution in [2.75, 3.05) is 0 Å². The van der Waals surface area contributed by atoms with Crippen LogP contribution in [0, 0.1) is 27.7 Å². The smallest absolute Gasteiger partial charge is 0.206 e. The molecule has 0 fully saturated rings. The summed E-state index contributed by atoms with van der Waals surface area (Å²) in [5.74, 6) is 1.74. The Hall–Kier alpha value is -7.70. The standard InChI is InChI=1S/C16H18.C12H10O2S.C12H10O.C12H10S.C12H10/c1-11-5-12(2)8-15(7-11)16-9-13(3)6-14(4)10-16;13-15(14,11-7-3-1-4-8-11)12-9-5-2-6-10-12;2*1-3-7-11(8-4-1)13-12-9-5-2-6-10-12;1-3-7-11(8-4-1)12-9-5-2-6-10-12/h5-10H,1-4H3;1-10H;2*1-10H;1-10H. The summed E-state index contributed by atoms with van der Waals surface area (Å²) in [6.45, 7) is 8.61. The number of hydrogen-bond donors (Lipinski definition) is 0. The van der Waals surface area contributed by atoms with Crippen LogP contribution in [0.15, 0.2) is 299 Å². The predicted molar refractivity (Wildman–Crippen MR) is 291 cm³/mol. The molecule has 10 aromatic carbocycles. The van der Waals surface area contributed by atoms with Crippen LogP contribution in [0.25, 0.3) is 22.3 Å². The van der Waals surface area contributed by atoms with E-state index in [1.165, 1.54) is 54.3 Å². The van der Waals surface area contributed by atoms with Gasteiger partial charge < -0.3 is 4.74 Å². The fourth-order valence-corrected chi connectivity index (χ4v) is 9.27. The van der Waals surface area contributed by atoms with Crippen LogP contribution >= 0.6 is 11.8 Å². The molecule has 0 heterocycles. The van der Waals surface area contributed by atoms with Gasteiger partial charge in [-0.25, -0.2) is 8.42 Å². The summed E-state index contributed by atoms with van der Waals surface area (Å²) >= 11 is 1.79. The monoisotopic (exact) mass is 938 g/mol. The van der Waals surface area contributed by atoms with Gasteiger partial charge in [0, 0.05) is 9.79 Å². The third-order valence-corrected chi connectivity index (χ3v) is 13.0. The third-order valence-electron chi connectivity index (χ3n) is 10.2. The Morgan fingerprint density at radius 2 is 0.536 bits per heavy atom. The average molecular weight is 939 g/mol. The van der Waals surface area contributed by atoms with Crippen LogP contribution in [0.4, 0.5) is 0 Å². The number of para-hydroxylation sites is 2. The molecule has 0 radical (unpaired) electrons. The Morgan fingerprint density at radius 1 is 0.290 bits per heavy atom. The summed E-state index contributed by atoms with van der Waals surface area (Å²) in [6.07, 6.45) is 0. The fraction of sp³-hybridized carbons (Fsp3) is 0.0625. The zero-order valence-electron chi connectivity index (χ0n) is 39.6. The maximum Gasteiger partial charge on any atom is 0.206 e. The van der Waals surface area contributed by atoms with Gasteiger partial charge in [-0.1, -0.05) is 240 Å². The summed E-state index contributed by atoms with van der Waals surface area (Å²) in [4.78, 5) is 3.23. The number of hydrogen-bond acceptors (Lipinski definition) is 4. The van der Waals surface area contributed by atoms with E-state index in [9.17, 15) is 8.42 Å². The van der Waals surface area contributed by atoms with Crippen LogP contribution in [-0.4, -0.2) is 8.42 Å². The van der Waals surface area contributed by atoms with Crippen LogP contribution in [0.2, 0.25) is 0 Å². The maximum atomic E-state index is 12.0. The lowest BCUT2D eigenvalue weighted by atomic mass is 9.98. The van der Waals surface area contributed by atoms with Crippen LogP contribution in [0.1, 0.15) is 22.3 Å². The van der Waals surface area contributed by atoms with Gasteiger partial charge in [0.2, 0.25) is 9.84 Å². The zero-order chi connectivity index (χ0) is 48.5. The molecule has 0 atom stereocenters. The number of benzene rings is 10. The van der Waals surface area contributed by atoms with E-state index >= 15 is 0 Å². The molecular weight excluding hydrogens is 881 g/mol. The SMILES string of the molecule is Cc1cc(C)cc(-c2cc(C)cc(C)c2)c1.O=S(=O)(c1ccccc1)c1ccccc1.c1ccc(-c2ccccc2)cc1.c1ccc(Oc2ccccc2)cc1.c1ccc(Sc2ccccc2)cc1. The lowest BCUT2D eigenvalue weighted by Gasteiger charge is -2.07. The second-order valence-electron chi connectivity index (χ2n) is 16.1. The van der Waals surface area contributed by atoms with Crippen molar-refractivity contribution < 1.29 is 13.2 Å². The van der Waals surface area contributed by atoms with Gasteiger partial charge in [0.05, 0.1) is 9.79 Å². The topological polar surface area (TPSA) is 43.4 Å². The van der Waals surface area contributed by atoms with Gasteiger partial charge in [-0.3, -0.25) is 0 Å². The summed E-state index contributed by atoms with van der Waals surface area (Å²) in [5, 5.41) is 0. The normalized spacial score (nSPS) is 10.2. The number of sulfone groups is 1. The molecule has 0 aliphatic carbocycles. The second kappa shape index (κ2) is 27.2.